The van der Waals surface area contributed by atoms with E-state index in [1.807, 2.05) is 39.0 Å². The second kappa shape index (κ2) is 8.72. The highest BCUT2D eigenvalue weighted by atomic mass is 127. The summed E-state index contributed by atoms with van der Waals surface area (Å²) >= 11 is 0. The first-order chi connectivity index (χ1) is 10.1. The molecular formula is C15H22IN5O. The minimum Gasteiger partial charge on any atom is -0.444 e. The molecule has 2 aromatic heterocycles. The van der Waals surface area contributed by atoms with E-state index in [1.165, 1.54) is 0 Å². The molecule has 0 bridgehead atoms. The topological polar surface area (TPSA) is 75.3 Å². The molecule has 0 aliphatic carbocycles. The van der Waals surface area contributed by atoms with E-state index in [1.54, 1.807) is 7.05 Å². The minimum atomic E-state index is 0. The molecule has 0 aromatic carbocycles. The highest BCUT2D eigenvalue weighted by Gasteiger charge is 2.06. The Morgan fingerprint density at radius 1 is 1.14 bits per heavy atom. The van der Waals surface area contributed by atoms with E-state index in [-0.39, 0.29) is 24.0 Å². The predicted molar refractivity (Wildman–Crippen MR) is 97.4 cm³/mol. The van der Waals surface area contributed by atoms with E-state index in [0.29, 0.717) is 24.9 Å². The van der Waals surface area contributed by atoms with Crippen molar-refractivity contribution in [2.24, 2.45) is 4.99 Å². The molecule has 2 heterocycles. The zero-order valence-electron chi connectivity index (χ0n) is 13.3. The van der Waals surface area contributed by atoms with Crippen LogP contribution in [0.15, 0.2) is 27.6 Å². The average Bonchev–Trinajstić information content (AvgIpc) is 2.78. The molecule has 6 nitrogen and oxygen atoms in total. The zero-order valence-corrected chi connectivity index (χ0v) is 15.6. The van der Waals surface area contributed by atoms with Crippen molar-refractivity contribution >= 4 is 29.9 Å². The van der Waals surface area contributed by atoms with Gasteiger partial charge in [0.25, 0.3) is 0 Å². The number of aromatic nitrogens is 2. The first kappa shape index (κ1) is 18.4. The second-order valence-corrected chi connectivity index (χ2v) is 4.80. The van der Waals surface area contributed by atoms with Crippen molar-refractivity contribution in [3.8, 4) is 0 Å². The largest absolute Gasteiger partial charge is 0.444 e. The normalized spacial score (nSPS) is 11.0. The minimum absolute atomic E-state index is 0. The Morgan fingerprint density at radius 2 is 1.86 bits per heavy atom. The van der Waals surface area contributed by atoms with Crippen LogP contribution in [0.25, 0.3) is 0 Å². The van der Waals surface area contributed by atoms with E-state index in [9.17, 15) is 0 Å². The van der Waals surface area contributed by atoms with Gasteiger partial charge in [-0.2, -0.15) is 0 Å². The third kappa shape index (κ3) is 5.28. The van der Waals surface area contributed by atoms with Crippen LogP contribution < -0.4 is 10.6 Å². The van der Waals surface area contributed by atoms with Crippen LogP contribution in [0, 0.1) is 20.8 Å². The fourth-order valence-corrected chi connectivity index (χ4v) is 1.87. The molecule has 0 amide bonds. The molecule has 0 atom stereocenters. The van der Waals surface area contributed by atoms with Crippen molar-refractivity contribution in [3.05, 3.63) is 46.9 Å². The van der Waals surface area contributed by atoms with Crippen molar-refractivity contribution in [2.75, 3.05) is 7.05 Å². The molecular weight excluding hydrogens is 393 g/mol. The summed E-state index contributed by atoms with van der Waals surface area (Å²) in [6, 6.07) is 5.95. The highest BCUT2D eigenvalue weighted by molar-refractivity contribution is 14.0. The lowest BCUT2D eigenvalue weighted by atomic mass is 10.3. The Labute approximate surface area is 147 Å². The molecule has 0 aliphatic rings. The summed E-state index contributed by atoms with van der Waals surface area (Å²) < 4.78 is 5.52. The van der Waals surface area contributed by atoms with Gasteiger partial charge in [0.1, 0.15) is 5.76 Å². The summed E-state index contributed by atoms with van der Waals surface area (Å²) in [5.41, 5.74) is 2.89. The van der Waals surface area contributed by atoms with Gasteiger partial charge in [0.2, 0.25) is 5.89 Å². The monoisotopic (exact) mass is 415 g/mol. The number of hydrogen-bond acceptors (Lipinski definition) is 4. The number of nitrogens with zero attached hydrogens (tertiary/aromatic N) is 3. The number of nitrogens with one attached hydrogen (secondary N) is 2. The number of guanidine groups is 1. The summed E-state index contributed by atoms with van der Waals surface area (Å²) in [5, 5.41) is 6.38. The van der Waals surface area contributed by atoms with Gasteiger partial charge in [-0.25, -0.2) is 4.98 Å². The van der Waals surface area contributed by atoms with Crippen molar-refractivity contribution in [2.45, 2.75) is 33.9 Å². The van der Waals surface area contributed by atoms with Gasteiger partial charge >= 0.3 is 0 Å². The Kier molecular flexibility index (Phi) is 7.30. The van der Waals surface area contributed by atoms with Crippen molar-refractivity contribution in [1.29, 1.82) is 0 Å². The summed E-state index contributed by atoms with van der Waals surface area (Å²) in [6.07, 6.45) is 0. The van der Waals surface area contributed by atoms with Gasteiger partial charge in [-0.05, 0) is 32.9 Å². The van der Waals surface area contributed by atoms with Crippen LogP contribution >= 0.6 is 24.0 Å². The second-order valence-electron chi connectivity index (χ2n) is 4.80. The maximum absolute atomic E-state index is 5.52. The van der Waals surface area contributed by atoms with Crippen LogP contribution in [0.5, 0.6) is 0 Å². The molecule has 0 spiro atoms. The first-order valence-electron chi connectivity index (χ1n) is 6.88. The predicted octanol–water partition coefficient (Wildman–Crippen LogP) is 2.48. The van der Waals surface area contributed by atoms with Gasteiger partial charge in [-0.1, -0.05) is 6.07 Å². The maximum atomic E-state index is 5.52. The van der Waals surface area contributed by atoms with Gasteiger partial charge in [0.15, 0.2) is 5.96 Å². The zero-order chi connectivity index (χ0) is 15.2. The number of oxazole rings is 1. The van der Waals surface area contributed by atoms with Crippen LogP contribution in [0.2, 0.25) is 0 Å². The lowest BCUT2D eigenvalue weighted by molar-refractivity contribution is 0.463. The molecule has 0 saturated carbocycles. The number of aliphatic imine (C=N–C) groups is 1. The third-order valence-electron chi connectivity index (χ3n) is 3.09. The van der Waals surface area contributed by atoms with E-state index >= 15 is 0 Å². The lowest BCUT2D eigenvalue weighted by Crippen LogP contribution is -2.36. The third-order valence-corrected chi connectivity index (χ3v) is 3.09. The molecule has 22 heavy (non-hydrogen) atoms. The van der Waals surface area contributed by atoms with Crippen LogP contribution in [-0.2, 0) is 13.1 Å². The summed E-state index contributed by atoms with van der Waals surface area (Å²) in [6.45, 7) is 6.92. The Hall–Kier alpha value is -1.64. The molecule has 0 aliphatic heterocycles. The maximum Gasteiger partial charge on any atom is 0.214 e. The Morgan fingerprint density at radius 3 is 2.45 bits per heavy atom. The molecule has 0 unspecified atom stereocenters. The summed E-state index contributed by atoms with van der Waals surface area (Å²) in [7, 11) is 1.73. The number of aryl methyl sites for hydroxylation is 3. The van der Waals surface area contributed by atoms with Crippen molar-refractivity contribution in [3.63, 3.8) is 0 Å². The van der Waals surface area contributed by atoms with Gasteiger partial charge in [0, 0.05) is 12.7 Å². The fourth-order valence-electron chi connectivity index (χ4n) is 1.87. The van der Waals surface area contributed by atoms with Crippen molar-refractivity contribution in [1.82, 2.24) is 20.6 Å². The Bertz CT molecular complexity index is 619. The van der Waals surface area contributed by atoms with E-state index in [2.05, 4.69) is 25.6 Å². The highest BCUT2D eigenvalue weighted by Crippen LogP contribution is 2.07. The van der Waals surface area contributed by atoms with Gasteiger partial charge in [0.05, 0.1) is 24.5 Å². The van der Waals surface area contributed by atoms with E-state index in [0.717, 1.165) is 22.8 Å². The van der Waals surface area contributed by atoms with Crippen LogP contribution in [-0.4, -0.2) is 23.0 Å². The van der Waals surface area contributed by atoms with Crippen LogP contribution in [0.3, 0.4) is 0 Å². The van der Waals surface area contributed by atoms with Crippen LogP contribution in [0.4, 0.5) is 0 Å². The van der Waals surface area contributed by atoms with Crippen molar-refractivity contribution < 1.29 is 4.42 Å². The average molecular weight is 415 g/mol. The lowest BCUT2D eigenvalue weighted by Gasteiger charge is -2.10. The number of pyridine rings is 1. The number of halogens is 1. The summed E-state index contributed by atoms with van der Waals surface area (Å²) in [5.74, 6) is 2.19. The van der Waals surface area contributed by atoms with E-state index < -0.39 is 0 Å². The van der Waals surface area contributed by atoms with E-state index in [4.69, 9.17) is 4.42 Å². The quantitative estimate of drug-likeness (QED) is 0.456. The standard InChI is InChI=1S/C15H21N5O.HI/c1-10-6-5-7-13(19-10)8-17-15(16-4)18-9-14-20-11(2)12(3)21-14;/h5-7H,8-9H2,1-4H3,(H2,16,17,18);1H. The van der Waals surface area contributed by atoms with Crippen LogP contribution in [0.1, 0.15) is 28.7 Å². The summed E-state index contributed by atoms with van der Waals surface area (Å²) in [4.78, 5) is 12.9. The van der Waals surface area contributed by atoms with Gasteiger partial charge < -0.3 is 15.1 Å². The first-order valence-corrected chi connectivity index (χ1v) is 6.88. The van der Waals surface area contributed by atoms with Gasteiger partial charge in [-0.3, -0.25) is 9.98 Å². The Balaban J connectivity index is 0.00000242. The fraction of sp³-hybridized carbons (Fsp3) is 0.400. The number of rotatable bonds is 4. The molecule has 0 radical (unpaired) electrons. The smallest absolute Gasteiger partial charge is 0.214 e. The number of hydrogen-bond donors (Lipinski definition) is 2. The molecule has 7 heteroatoms. The SMILES string of the molecule is CN=C(NCc1cccc(C)n1)NCc1nc(C)c(C)o1.I. The molecule has 0 saturated heterocycles. The molecule has 0 fully saturated rings. The molecule has 2 N–H and O–H groups in total. The van der Waals surface area contributed by atoms with Gasteiger partial charge in [-0.15, -0.1) is 24.0 Å². The molecule has 120 valence electrons. The molecule has 2 aromatic rings. The molecule has 2 rings (SSSR count).